The van der Waals surface area contributed by atoms with Crippen molar-refractivity contribution < 1.29 is 19.4 Å². The number of amides is 1. The van der Waals surface area contributed by atoms with Crippen LogP contribution >= 0.6 is 0 Å². The molecule has 100 valence electrons. The maximum absolute atomic E-state index is 11.7. The first-order chi connectivity index (χ1) is 8.49. The topological polar surface area (TPSA) is 117 Å². The van der Waals surface area contributed by atoms with Crippen LogP contribution in [-0.2, 0) is 9.53 Å². The zero-order valence-corrected chi connectivity index (χ0v) is 10.4. The average molecular weight is 256 g/mol. The highest BCUT2D eigenvalue weighted by molar-refractivity contribution is 5.93. The van der Waals surface area contributed by atoms with Crippen LogP contribution in [0.1, 0.15) is 36.2 Å². The molecule has 18 heavy (non-hydrogen) atoms. The van der Waals surface area contributed by atoms with Crippen molar-refractivity contribution >= 4 is 11.9 Å². The van der Waals surface area contributed by atoms with Crippen molar-refractivity contribution in [1.82, 2.24) is 20.5 Å². The summed E-state index contributed by atoms with van der Waals surface area (Å²) in [6, 6.07) is -1.12. The molecule has 1 unspecified atom stereocenters. The van der Waals surface area contributed by atoms with Crippen molar-refractivity contribution in [2.75, 3.05) is 13.7 Å². The lowest BCUT2D eigenvalue weighted by atomic mass is 10.2. The number of H-pyrrole nitrogens is 1. The van der Waals surface area contributed by atoms with Gasteiger partial charge in [-0.05, 0) is 0 Å². The van der Waals surface area contributed by atoms with Crippen molar-refractivity contribution in [3.05, 3.63) is 11.6 Å². The standard InChI is InChI=1S/C10H16N4O4/c1-5(2)7-12-8(14-13-7)9(16)11-6(4-15)10(17)18-3/h5-6,15H,4H2,1-3H3,(H,11,16)(H,12,13,14). The lowest BCUT2D eigenvalue weighted by Crippen LogP contribution is -2.44. The van der Waals surface area contributed by atoms with Gasteiger partial charge < -0.3 is 15.2 Å². The summed E-state index contributed by atoms with van der Waals surface area (Å²) in [6.45, 7) is 3.24. The zero-order valence-electron chi connectivity index (χ0n) is 10.4. The molecule has 0 spiro atoms. The quantitative estimate of drug-likeness (QED) is 0.593. The van der Waals surface area contributed by atoms with Crippen LogP contribution in [0.2, 0.25) is 0 Å². The second-order valence-corrected chi connectivity index (χ2v) is 3.93. The Kier molecular flexibility index (Phi) is 4.78. The Morgan fingerprint density at radius 2 is 2.17 bits per heavy atom. The van der Waals surface area contributed by atoms with Crippen molar-refractivity contribution in [2.45, 2.75) is 25.8 Å². The van der Waals surface area contributed by atoms with Crippen molar-refractivity contribution in [1.29, 1.82) is 0 Å². The molecule has 0 aromatic carbocycles. The van der Waals surface area contributed by atoms with Crippen LogP contribution in [0.5, 0.6) is 0 Å². The van der Waals surface area contributed by atoms with Crippen molar-refractivity contribution in [3.8, 4) is 0 Å². The molecule has 0 saturated heterocycles. The second-order valence-electron chi connectivity index (χ2n) is 3.93. The van der Waals surface area contributed by atoms with Gasteiger partial charge in [-0.1, -0.05) is 13.8 Å². The van der Waals surface area contributed by atoms with Gasteiger partial charge in [-0.2, -0.15) is 0 Å². The first-order valence-electron chi connectivity index (χ1n) is 5.41. The predicted octanol–water partition coefficient (Wildman–Crippen LogP) is -0.808. The largest absolute Gasteiger partial charge is 0.467 e. The summed E-state index contributed by atoms with van der Waals surface area (Å²) in [5.74, 6) is -0.791. The molecule has 0 radical (unpaired) electrons. The van der Waals surface area contributed by atoms with E-state index in [9.17, 15) is 9.59 Å². The summed E-state index contributed by atoms with van der Waals surface area (Å²) >= 11 is 0. The highest BCUT2D eigenvalue weighted by Gasteiger charge is 2.23. The summed E-state index contributed by atoms with van der Waals surface area (Å²) in [6.07, 6.45) is 0. The molecule has 8 nitrogen and oxygen atoms in total. The fraction of sp³-hybridized carbons (Fsp3) is 0.600. The van der Waals surface area contributed by atoms with Gasteiger partial charge in [0.2, 0.25) is 5.82 Å². The van der Waals surface area contributed by atoms with Crippen LogP contribution in [0.15, 0.2) is 0 Å². The minimum absolute atomic E-state index is 0.0824. The Morgan fingerprint density at radius 3 is 2.61 bits per heavy atom. The molecular weight excluding hydrogens is 240 g/mol. The summed E-state index contributed by atoms with van der Waals surface area (Å²) in [5.41, 5.74) is 0. The van der Waals surface area contributed by atoms with Gasteiger partial charge in [0.25, 0.3) is 5.91 Å². The van der Waals surface area contributed by atoms with Crippen LogP contribution in [0.3, 0.4) is 0 Å². The Labute approximate surface area is 104 Å². The molecule has 1 rings (SSSR count). The number of hydrogen-bond acceptors (Lipinski definition) is 6. The molecule has 1 aromatic heterocycles. The number of aromatic amines is 1. The maximum atomic E-state index is 11.7. The third kappa shape index (κ3) is 3.27. The van der Waals surface area contributed by atoms with E-state index < -0.39 is 24.5 Å². The Bertz CT molecular complexity index is 429. The third-order valence-corrected chi connectivity index (χ3v) is 2.23. The number of aliphatic hydroxyl groups is 1. The van der Waals surface area contributed by atoms with Crippen molar-refractivity contribution in [3.63, 3.8) is 0 Å². The van der Waals surface area contributed by atoms with Gasteiger partial charge in [-0.25, -0.2) is 9.78 Å². The number of carbonyl (C=O) groups excluding carboxylic acids is 2. The van der Waals surface area contributed by atoms with Crippen LogP contribution in [0, 0.1) is 0 Å². The smallest absolute Gasteiger partial charge is 0.330 e. The number of ether oxygens (including phenoxy) is 1. The van der Waals surface area contributed by atoms with E-state index in [1.807, 2.05) is 13.8 Å². The monoisotopic (exact) mass is 256 g/mol. The summed E-state index contributed by atoms with van der Waals surface area (Å²) < 4.78 is 4.42. The van der Waals surface area contributed by atoms with Gasteiger partial charge >= 0.3 is 5.97 Å². The fourth-order valence-corrected chi connectivity index (χ4v) is 1.18. The lowest BCUT2D eigenvalue weighted by Gasteiger charge is -2.12. The summed E-state index contributed by atoms with van der Waals surface area (Å²) in [5, 5.41) is 17.6. The molecule has 1 atom stereocenters. The highest BCUT2D eigenvalue weighted by Crippen LogP contribution is 2.07. The minimum atomic E-state index is -1.12. The van der Waals surface area contributed by atoms with Gasteiger partial charge in [-0.15, -0.1) is 5.10 Å². The van der Waals surface area contributed by atoms with Gasteiger partial charge in [0.15, 0.2) is 6.04 Å². The second kappa shape index (κ2) is 6.10. The number of esters is 1. The number of aliphatic hydroxyl groups excluding tert-OH is 1. The maximum Gasteiger partial charge on any atom is 0.330 e. The number of aromatic nitrogens is 3. The molecule has 0 fully saturated rings. The first-order valence-corrected chi connectivity index (χ1v) is 5.41. The first kappa shape index (κ1) is 14.1. The predicted molar refractivity (Wildman–Crippen MR) is 60.8 cm³/mol. The zero-order chi connectivity index (χ0) is 13.7. The van der Waals surface area contributed by atoms with E-state index in [0.717, 1.165) is 0 Å². The van der Waals surface area contributed by atoms with E-state index in [-0.39, 0.29) is 11.7 Å². The van der Waals surface area contributed by atoms with E-state index in [2.05, 4.69) is 25.2 Å². The van der Waals surface area contributed by atoms with E-state index in [1.165, 1.54) is 7.11 Å². The van der Waals surface area contributed by atoms with Gasteiger partial charge in [-0.3, -0.25) is 9.89 Å². The molecule has 1 amide bonds. The molecule has 0 saturated carbocycles. The van der Waals surface area contributed by atoms with E-state index >= 15 is 0 Å². The summed E-state index contributed by atoms with van der Waals surface area (Å²) in [4.78, 5) is 26.8. The number of carbonyl (C=O) groups is 2. The molecule has 0 aliphatic heterocycles. The van der Waals surface area contributed by atoms with Gasteiger partial charge in [0.05, 0.1) is 13.7 Å². The van der Waals surface area contributed by atoms with Gasteiger partial charge in [0, 0.05) is 5.92 Å². The molecule has 1 aromatic rings. The molecule has 0 aliphatic carbocycles. The fourth-order valence-electron chi connectivity index (χ4n) is 1.18. The average Bonchev–Trinajstić information content (AvgIpc) is 2.84. The SMILES string of the molecule is COC(=O)C(CO)NC(=O)c1n[nH]c(C(C)C)n1. The van der Waals surface area contributed by atoms with Crippen LogP contribution < -0.4 is 5.32 Å². The molecule has 0 aliphatic rings. The molecule has 3 N–H and O–H groups in total. The van der Waals surface area contributed by atoms with Crippen molar-refractivity contribution in [2.24, 2.45) is 0 Å². The van der Waals surface area contributed by atoms with Crippen LogP contribution in [0.4, 0.5) is 0 Å². The van der Waals surface area contributed by atoms with Crippen LogP contribution in [0.25, 0.3) is 0 Å². The van der Waals surface area contributed by atoms with Crippen LogP contribution in [-0.4, -0.2) is 51.9 Å². The minimum Gasteiger partial charge on any atom is -0.467 e. The third-order valence-electron chi connectivity index (χ3n) is 2.23. The lowest BCUT2D eigenvalue weighted by molar-refractivity contribution is -0.143. The normalized spacial score (nSPS) is 12.3. The number of hydrogen-bond donors (Lipinski definition) is 3. The van der Waals surface area contributed by atoms with E-state index in [0.29, 0.717) is 5.82 Å². The molecule has 1 heterocycles. The summed E-state index contributed by atoms with van der Waals surface area (Å²) in [7, 11) is 1.17. The van der Waals surface area contributed by atoms with E-state index in [1.54, 1.807) is 0 Å². The number of nitrogens with zero attached hydrogens (tertiary/aromatic N) is 2. The number of methoxy groups -OCH3 is 1. The molecular formula is C10H16N4O4. The number of nitrogens with one attached hydrogen (secondary N) is 2. The highest BCUT2D eigenvalue weighted by atomic mass is 16.5. The Morgan fingerprint density at radius 1 is 1.50 bits per heavy atom. The Balaban J connectivity index is 2.71. The van der Waals surface area contributed by atoms with Gasteiger partial charge in [0.1, 0.15) is 5.82 Å². The Hall–Kier alpha value is -1.96. The molecule has 0 bridgehead atoms. The number of rotatable bonds is 5. The molecule has 8 heteroatoms. The van der Waals surface area contributed by atoms with E-state index in [4.69, 9.17) is 5.11 Å².